The van der Waals surface area contributed by atoms with E-state index in [1.54, 1.807) is 30.3 Å². The number of pyridine rings is 1. The maximum atomic E-state index is 13.4. The number of nitriles is 1. The maximum absolute atomic E-state index is 13.4. The molecule has 50 heavy (non-hydrogen) atoms. The number of benzene rings is 2. The Morgan fingerprint density at radius 1 is 0.860 bits per heavy atom. The Morgan fingerprint density at radius 2 is 1.48 bits per heavy atom. The molecule has 3 aromatic rings. The Labute approximate surface area is 291 Å². The van der Waals surface area contributed by atoms with Gasteiger partial charge in [0.05, 0.1) is 23.9 Å². The highest BCUT2D eigenvalue weighted by Crippen LogP contribution is 2.44. The van der Waals surface area contributed by atoms with Crippen LogP contribution in [0.3, 0.4) is 0 Å². The van der Waals surface area contributed by atoms with Crippen molar-refractivity contribution in [2.24, 2.45) is 0 Å². The van der Waals surface area contributed by atoms with Crippen molar-refractivity contribution in [3.63, 3.8) is 0 Å². The van der Waals surface area contributed by atoms with Gasteiger partial charge in [-0.25, -0.2) is 4.98 Å². The van der Waals surface area contributed by atoms with Crippen LogP contribution in [0.2, 0.25) is 0 Å². The van der Waals surface area contributed by atoms with Gasteiger partial charge in [-0.05, 0) is 24.6 Å². The first-order chi connectivity index (χ1) is 23.7. The van der Waals surface area contributed by atoms with E-state index >= 15 is 0 Å². The van der Waals surface area contributed by atoms with Gasteiger partial charge in [-0.1, -0.05) is 48.2 Å². The minimum Gasteiger partial charge on any atom is -0.504 e. The Bertz CT molecular complexity index is 1840. The van der Waals surface area contributed by atoms with E-state index in [4.69, 9.17) is 33.4 Å². The molecule has 15 heteroatoms. The molecule has 0 amide bonds. The Hall–Kier alpha value is -5.46. The lowest BCUT2D eigenvalue weighted by molar-refractivity contribution is -0.237. The van der Waals surface area contributed by atoms with Crippen LogP contribution in [0.15, 0.2) is 53.6 Å². The summed E-state index contributed by atoms with van der Waals surface area (Å²) in [5, 5.41) is 21.0. The lowest BCUT2D eigenvalue weighted by Crippen LogP contribution is -2.61. The van der Waals surface area contributed by atoms with Gasteiger partial charge >= 0.3 is 23.9 Å². The molecule has 262 valence electrons. The number of thioether (sulfide) groups is 1. The molecule has 0 saturated carbocycles. The molecule has 1 fully saturated rings. The predicted octanol–water partition coefficient (Wildman–Crippen LogP) is 4.38. The van der Waals surface area contributed by atoms with E-state index in [9.17, 15) is 34.3 Å². The van der Waals surface area contributed by atoms with Gasteiger partial charge in [0.1, 0.15) is 23.8 Å². The first kappa shape index (κ1) is 37.4. The second-order valence-corrected chi connectivity index (χ2v) is 12.1. The molecule has 1 N–H and O–H groups in total. The highest BCUT2D eigenvalue weighted by molar-refractivity contribution is 7.99. The van der Waals surface area contributed by atoms with Crippen LogP contribution in [0, 0.1) is 11.3 Å². The number of ether oxygens (including phenoxy) is 6. The van der Waals surface area contributed by atoms with E-state index in [0.717, 1.165) is 39.5 Å². The van der Waals surface area contributed by atoms with Crippen LogP contribution in [0.25, 0.3) is 22.4 Å². The number of ketones is 1. The third kappa shape index (κ3) is 8.57. The Morgan fingerprint density at radius 3 is 2.04 bits per heavy atom. The van der Waals surface area contributed by atoms with Crippen LogP contribution in [-0.4, -0.2) is 83.3 Å². The topological polar surface area (TPSA) is 198 Å². The molecule has 0 unspecified atom stereocenters. The van der Waals surface area contributed by atoms with E-state index in [-0.39, 0.29) is 38.9 Å². The summed E-state index contributed by atoms with van der Waals surface area (Å²) in [6.45, 7) is 5.37. The van der Waals surface area contributed by atoms with Gasteiger partial charge in [0.25, 0.3) is 0 Å². The van der Waals surface area contributed by atoms with Crippen molar-refractivity contribution in [1.29, 1.82) is 5.26 Å². The molecule has 2 aromatic carbocycles. The third-order valence-corrected chi connectivity index (χ3v) is 8.45. The molecule has 0 aliphatic carbocycles. The Balaban J connectivity index is 2.01. The molecule has 0 radical (unpaired) electrons. The fourth-order valence-corrected chi connectivity index (χ4v) is 6.59. The summed E-state index contributed by atoms with van der Waals surface area (Å²) in [6.07, 6.45) is -5.53. The van der Waals surface area contributed by atoms with E-state index in [1.807, 2.05) is 0 Å². The van der Waals surface area contributed by atoms with Gasteiger partial charge in [0.15, 0.2) is 41.0 Å². The molecular weight excluding hydrogens is 672 g/mol. The fraction of sp³-hybridized carbons (Fsp3) is 0.343. The molecule has 5 atom stereocenters. The zero-order valence-corrected chi connectivity index (χ0v) is 28.8. The average molecular weight is 707 g/mol. The second-order valence-electron chi connectivity index (χ2n) is 11.0. The number of Topliss-reactive ketones (excluding diaryl/α,β-unsaturated/α-hetero) is 1. The number of nitrogens with zero attached hydrogens (tertiary/aromatic N) is 2. The van der Waals surface area contributed by atoms with Crippen LogP contribution in [0.5, 0.6) is 11.5 Å². The average Bonchev–Trinajstić information content (AvgIpc) is 3.05. The standard InChI is InChI=1S/C35H34N2O12S/c1-17(38)28-29(23-12-13-25(43)26(14-23)44-6)24(15-36)34(37-30(28)22-10-8-7-9-11-22)50-35-33(48-21(5)42)32(47-20(4)41)31(46-19(3)40)27(49-35)16-45-18(2)39/h7-14,27,31-33,35,43H,16H2,1-6H3/t27-,31-,32+,33-,35+/m1/s1. The van der Waals surface area contributed by atoms with Crippen molar-refractivity contribution in [1.82, 2.24) is 4.98 Å². The molecule has 14 nitrogen and oxygen atoms in total. The minimum absolute atomic E-state index is 0.0132. The summed E-state index contributed by atoms with van der Waals surface area (Å²) in [6, 6.07) is 15.2. The first-order valence-electron chi connectivity index (χ1n) is 15.1. The van der Waals surface area contributed by atoms with Crippen LogP contribution in [0.1, 0.15) is 50.5 Å². The predicted molar refractivity (Wildman–Crippen MR) is 176 cm³/mol. The smallest absolute Gasteiger partial charge is 0.303 e. The summed E-state index contributed by atoms with van der Waals surface area (Å²) < 4.78 is 33.4. The van der Waals surface area contributed by atoms with E-state index in [1.165, 1.54) is 32.2 Å². The number of phenolic OH excluding ortho intramolecular Hbond substituents is 1. The number of hydrogen-bond acceptors (Lipinski definition) is 15. The van der Waals surface area contributed by atoms with Crippen molar-refractivity contribution >= 4 is 41.4 Å². The molecule has 1 aromatic heterocycles. The van der Waals surface area contributed by atoms with Crippen molar-refractivity contribution < 1.29 is 57.5 Å². The van der Waals surface area contributed by atoms with E-state index < -0.39 is 66.1 Å². The number of carbonyl (C=O) groups excluding carboxylic acids is 5. The molecule has 2 heterocycles. The molecule has 1 saturated heterocycles. The molecule has 1 aliphatic heterocycles. The lowest BCUT2D eigenvalue weighted by Gasteiger charge is -2.44. The van der Waals surface area contributed by atoms with Crippen molar-refractivity contribution in [2.45, 2.75) is 69.5 Å². The third-order valence-electron chi connectivity index (χ3n) is 7.32. The number of hydrogen-bond donors (Lipinski definition) is 1. The van der Waals surface area contributed by atoms with Crippen LogP contribution in [0.4, 0.5) is 0 Å². The molecular formula is C35H34N2O12S. The van der Waals surface area contributed by atoms with Gasteiger partial charge in [0, 0.05) is 38.8 Å². The first-order valence-corrected chi connectivity index (χ1v) is 16.0. The lowest BCUT2D eigenvalue weighted by atomic mass is 9.90. The number of methoxy groups -OCH3 is 1. The van der Waals surface area contributed by atoms with Gasteiger partial charge in [0.2, 0.25) is 0 Å². The summed E-state index contributed by atoms with van der Waals surface area (Å²) in [4.78, 5) is 66.9. The van der Waals surface area contributed by atoms with Gasteiger partial charge in [-0.3, -0.25) is 24.0 Å². The van der Waals surface area contributed by atoms with Gasteiger partial charge in [-0.15, -0.1) is 0 Å². The van der Waals surface area contributed by atoms with Crippen molar-refractivity contribution in [3.8, 4) is 40.0 Å². The summed E-state index contributed by atoms with van der Waals surface area (Å²) in [7, 11) is 1.35. The largest absolute Gasteiger partial charge is 0.504 e. The normalized spacial score (nSPS) is 19.7. The van der Waals surface area contributed by atoms with Gasteiger partial charge in [-0.2, -0.15) is 5.26 Å². The Kier molecular flexibility index (Phi) is 12.2. The number of phenols is 1. The number of rotatable bonds is 11. The van der Waals surface area contributed by atoms with Crippen LogP contribution >= 0.6 is 11.8 Å². The molecule has 1 aliphatic rings. The highest BCUT2D eigenvalue weighted by Gasteiger charge is 2.53. The molecule has 0 spiro atoms. The van der Waals surface area contributed by atoms with Crippen LogP contribution in [-0.2, 0) is 42.9 Å². The number of esters is 4. The highest BCUT2D eigenvalue weighted by atomic mass is 32.2. The van der Waals surface area contributed by atoms with Gasteiger partial charge < -0.3 is 33.5 Å². The van der Waals surface area contributed by atoms with Crippen molar-refractivity contribution in [3.05, 3.63) is 59.7 Å². The summed E-state index contributed by atoms with van der Waals surface area (Å²) in [5.41, 5.74) is -0.0643. The van der Waals surface area contributed by atoms with E-state index in [0.29, 0.717) is 11.1 Å². The minimum atomic E-state index is -1.46. The number of aromatic nitrogens is 1. The monoisotopic (exact) mass is 706 g/mol. The van der Waals surface area contributed by atoms with E-state index in [2.05, 4.69) is 6.07 Å². The SMILES string of the molecule is COc1cc(-c2c(C#N)c(S[C@@H]3O[C@H](COC(C)=O)[C@@H](OC(C)=O)[C@H](OC(C)=O)[C@H]3OC(C)=O)nc(-c3ccccc3)c2C(C)=O)ccc1O. The quantitative estimate of drug-likeness (QED) is 0.167. The fourth-order valence-electron chi connectivity index (χ4n) is 5.42. The zero-order valence-electron chi connectivity index (χ0n) is 28.0. The van der Waals surface area contributed by atoms with Crippen LogP contribution < -0.4 is 4.74 Å². The van der Waals surface area contributed by atoms with Crippen molar-refractivity contribution in [2.75, 3.05) is 13.7 Å². The zero-order chi connectivity index (χ0) is 36.7. The summed E-state index contributed by atoms with van der Waals surface area (Å²) in [5.74, 6) is -3.59. The summed E-state index contributed by atoms with van der Waals surface area (Å²) >= 11 is 0.810. The molecule has 4 rings (SSSR count). The second kappa shape index (κ2) is 16.3. The maximum Gasteiger partial charge on any atom is 0.303 e. The number of carbonyl (C=O) groups is 5. The molecule has 0 bridgehead atoms. The number of aromatic hydroxyl groups is 1.